The summed E-state index contributed by atoms with van der Waals surface area (Å²) in [5.74, 6) is 5.31. The van der Waals surface area contributed by atoms with E-state index in [1.54, 1.807) is 0 Å². The fraction of sp³-hybridized carbons (Fsp3) is 0.500. The van der Waals surface area contributed by atoms with Crippen molar-refractivity contribution in [2.45, 2.75) is 38.1 Å². The normalized spacial score (nSPS) is 12.8. The minimum absolute atomic E-state index is 0.0846. The van der Waals surface area contributed by atoms with E-state index < -0.39 is 10.0 Å². The number of hydrogen-bond donors (Lipinski definition) is 2. The molecule has 0 fully saturated rings. The Bertz CT molecular complexity index is 600. The lowest BCUT2D eigenvalue weighted by Gasteiger charge is -2.20. The highest BCUT2D eigenvalue weighted by molar-refractivity contribution is 7.89. The second-order valence-electron chi connectivity index (χ2n) is 4.75. The molecule has 1 atom stereocenters. The number of nitrogens with one attached hydrogen (secondary N) is 1. The predicted molar refractivity (Wildman–Crippen MR) is 77.4 cm³/mol. The molecule has 0 aliphatic rings. The van der Waals surface area contributed by atoms with Crippen molar-refractivity contribution in [1.82, 2.24) is 9.71 Å². The lowest BCUT2D eigenvalue weighted by molar-refractivity contribution is 0.350. The van der Waals surface area contributed by atoms with Gasteiger partial charge in [-0.1, -0.05) is 32.6 Å². The van der Waals surface area contributed by atoms with Crippen LogP contribution < -0.4 is 4.72 Å². The van der Waals surface area contributed by atoms with E-state index in [-0.39, 0.29) is 23.5 Å². The molecule has 1 rings (SSSR count). The number of sulfonamides is 1. The van der Waals surface area contributed by atoms with Crippen molar-refractivity contribution in [2.24, 2.45) is 5.92 Å². The molecule has 110 valence electrons. The van der Waals surface area contributed by atoms with Crippen LogP contribution in [0.5, 0.6) is 0 Å². The first-order valence-corrected chi connectivity index (χ1v) is 7.96. The van der Waals surface area contributed by atoms with Crippen LogP contribution in [0.25, 0.3) is 0 Å². The average Bonchev–Trinajstić information content (AvgIpc) is 2.42. The van der Waals surface area contributed by atoms with Gasteiger partial charge in [-0.2, -0.15) is 0 Å². The third-order valence-electron chi connectivity index (χ3n) is 2.89. The van der Waals surface area contributed by atoms with Gasteiger partial charge in [-0.05, 0) is 18.4 Å². The topological polar surface area (TPSA) is 79.3 Å². The zero-order valence-electron chi connectivity index (χ0n) is 11.9. The highest BCUT2D eigenvalue weighted by Crippen LogP contribution is 2.13. The first-order chi connectivity index (χ1) is 9.40. The van der Waals surface area contributed by atoms with Gasteiger partial charge < -0.3 is 5.11 Å². The average molecular weight is 296 g/mol. The van der Waals surface area contributed by atoms with Gasteiger partial charge in [0.05, 0.1) is 0 Å². The number of nitrogens with zero attached hydrogens (tertiary/aromatic N) is 1. The highest BCUT2D eigenvalue weighted by Gasteiger charge is 2.21. The van der Waals surface area contributed by atoms with Gasteiger partial charge in [-0.25, -0.2) is 13.1 Å². The van der Waals surface area contributed by atoms with Gasteiger partial charge in [0.2, 0.25) is 10.0 Å². The van der Waals surface area contributed by atoms with Gasteiger partial charge >= 0.3 is 0 Å². The first-order valence-electron chi connectivity index (χ1n) is 6.47. The van der Waals surface area contributed by atoms with Crippen molar-refractivity contribution in [3.05, 3.63) is 24.0 Å². The van der Waals surface area contributed by atoms with Crippen molar-refractivity contribution >= 4 is 10.0 Å². The van der Waals surface area contributed by atoms with E-state index in [4.69, 9.17) is 5.11 Å². The largest absolute Gasteiger partial charge is 0.384 e. The van der Waals surface area contributed by atoms with Gasteiger partial charge in [0, 0.05) is 24.0 Å². The van der Waals surface area contributed by atoms with Crippen LogP contribution in [0.15, 0.2) is 23.4 Å². The summed E-state index contributed by atoms with van der Waals surface area (Å²) in [5.41, 5.74) is 0.458. The van der Waals surface area contributed by atoms with Crippen molar-refractivity contribution in [1.29, 1.82) is 0 Å². The van der Waals surface area contributed by atoms with Gasteiger partial charge in [0.1, 0.15) is 11.5 Å². The maximum atomic E-state index is 12.3. The summed E-state index contributed by atoms with van der Waals surface area (Å²) in [6, 6.07) is 1.33. The molecule has 5 nitrogen and oxygen atoms in total. The molecule has 0 saturated heterocycles. The Morgan fingerprint density at radius 3 is 2.65 bits per heavy atom. The number of aliphatic hydroxyl groups excluding tert-OH is 1. The molecule has 0 aromatic carbocycles. The number of pyridine rings is 1. The summed E-state index contributed by atoms with van der Waals surface area (Å²) in [6.45, 7) is 5.60. The zero-order valence-corrected chi connectivity index (χ0v) is 12.7. The second-order valence-corrected chi connectivity index (χ2v) is 6.46. The van der Waals surface area contributed by atoms with E-state index >= 15 is 0 Å². The Hall–Kier alpha value is -1.42. The summed E-state index contributed by atoms with van der Waals surface area (Å²) in [4.78, 5) is 3.96. The van der Waals surface area contributed by atoms with Gasteiger partial charge in [0.15, 0.2) is 0 Å². The monoisotopic (exact) mass is 296 g/mol. The minimum Gasteiger partial charge on any atom is -0.384 e. The lowest BCUT2D eigenvalue weighted by Crippen LogP contribution is -2.38. The minimum atomic E-state index is -3.61. The number of hydrogen-bond acceptors (Lipinski definition) is 4. The molecule has 1 heterocycles. The summed E-state index contributed by atoms with van der Waals surface area (Å²) >= 11 is 0. The molecule has 1 aromatic rings. The molecule has 2 N–H and O–H groups in total. The van der Waals surface area contributed by atoms with Gasteiger partial charge in [0.25, 0.3) is 0 Å². The van der Waals surface area contributed by atoms with Crippen LogP contribution in [-0.2, 0) is 10.0 Å². The Morgan fingerprint density at radius 2 is 2.10 bits per heavy atom. The van der Waals surface area contributed by atoms with Crippen LogP contribution in [0.3, 0.4) is 0 Å². The Labute approximate surface area is 120 Å². The van der Waals surface area contributed by atoms with Crippen LogP contribution in [0, 0.1) is 17.8 Å². The summed E-state index contributed by atoms with van der Waals surface area (Å²) in [6.07, 6.45) is 3.47. The summed E-state index contributed by atoms with van der Waals surface area (Å²) in [5, 5.41) is 8.64. The maximum Gasteiger partial charge on any atom is 0.242 e. The molecule has 0 bridgehead atoms. The third-order valence-corrected chi connectivity index (χ3v) is 4.34. The van der Waals surface area contributed by atoms with E-state index in [2.05, 4.69) is 21.5 Å². The molecular formula is C14H20N2O3S. The van der Waals surface area contributed by atoms with E-state index in [1.165, 1.54) is 18.5 Å². The summed E-state index contributed by atoms with van der Waals surface area (Å²) < 4.78 is 27.2. The second kappa shape index (κ2) is 7.39. The third kappa shape index (κ3) is 4.60. The first kappa shape index (κ1) is 16.6. The standard InChI is InChI=1S/C14H20N2O3S/c1-4-14(11(2)3)16-20(18,19)13-8-12(6-5-7-17)9-15-10-13/h8-11,14,16-17H,4,7H2,1-3H3. The molecule has 0 amide bonds. The van der Waals surface area contributed by atoms with E-state index in [9.17, 15) is 8.42 Å². The molecule has 1 aromatic heterocycles. The van der Waals surface area contributed by atoms with Crippen LogP contribution in [-0.4, -0.2) is 31.2 Å². The summed E-state index contributed by atoms with van der Waals surface area (Å²) in [7, 11) is -3.61. The van der Waals surface area contributed by atoms with E-state index in [0.717, 1.165) is 0 Å². The van der Waals surface area contributed by atoms with E-state index in [1.807, 2.05) is 20.8 Å². The zero-order chi connectivity index (χ0) is 15.2. The fourth-order valence-corrected chi connectivity index (χ4v) is 3.19. The number of rotatable bonds is 5. The number of aliphatic hydroxyl groups is 1. The quantitative estimate of drug-likeness (QED) is 0.799. The molecule has 0 spiro atoms. The van der Waals surface area contributed by atoms with Crippen LogP contribution >= 0.6 is 0 Å². The molecule has 0 radical (unpaired) electrons. The van der Waals surface area contributed by atoms with Crippen molar-refractivity contribution in [3.8, 4) is 11.8 Å². The van der Waals surface area contributed by atoms with Crippen molar-refractivity contribution in [2.75, 3.05) is 6.61 Å². The lowest BCUT2D eigenvalue weighted by atomic mass is 10.0. The van der Waals surface area contributed by atoms with Crippen molar-refractivity contribution < 1.29 is 13.5 Å². The van der Waals surface area contributed by atoms with Crippen molar-refractivity contribution in [3.63, 3.8) is 0 Å². The molecule has 6 heteroatoms. The van der Waals surface area contributed by atoms with Gasteiger partial charge in [-0.15, -0.1) is 0 Å². The molecule has 0 aliphatic heterocycles. The fourth-order valence-electron chi connectivity index (χ4n) is 1.73. The van der Waals surface area contributed by atoms with Crippen LogP contribution in [0.4, 0.5) is 0 Å². The van der Waals surface area contributed by atoms with Crippen LogP contribution in [0.1, 0.15) is 32.8 Å². The molecule has 0 aliphatic carbocycles. The molecule has 1 unspecified atom stereocenters. The SMILES string of the molecule is CCC(NS(=O)(=O)c1cncc(C#CCO)c1)C(C)C. The van der Waals surface area contributed by atoms with Gasteiger partial charge in [-0.3, -0.25) is 4.98 Å². The molecule has 20 heavy (non-hydrogen) atoms. The Morgan fingerprint density at radius 1 is 1.40 bits per heavy atom. The highest BCUT2D eigenvalue weighted by atomic mass is 32.2. The molecule has 0 saturated carbocycles. The predicted octanol–water partition coefficient (Wildman–Crippen LogP) is 1.14. The molecular weight excluding hydrogens is 276 g/mol. The Kier molecular flexibility index (Phi) is 6.14. The number of aromatic nitrogens is 1. The Balaban J connectivity index is 3.03. The maximum absolute atomic E-state index is 12.3. The van der Waals surface area contributed by atoms with E-state index in [0.29, 0.717) is 12.0 Å². The van der Waals surface area contributed by atoms with Crippen LogP contribution in [0.2, 0.25) is 0 Å². The smallest absolute Gasteiger partial charge is 0.242 e.